The average molecular weight is 362 g/mol. The number of amides is 1. The summed E-state index contributed by atoms with van der Waals surface area (Å²) in [5, 5.41) is 10.8. The van der Waals surface area contributed by atoms with Gasteiger partial charge in [-0.25, -0.2) is 8.42 Å². The van der Waals surface area contributed by atoms with E-state index < -0.39 is 14.8 Å². The van der Waals surface area contributed by atoms with E-state index in [0.29, 0.717) is 0 Å². The van der Waals surface area contributed by atoms with Gasteiger partial charge in [0.1, 0.15) is 0 Å². The maximum Gasteiger partial charge on any atom is 0.270 e. The van der Waals surface area contributed by atoms with Gasteiger partial charge in [-0.15, -0.1) is 0 Å². The van der Waals surface area contributed by atoms with Crippen LogP contribution in [0.4, 0.5) is 5.69 Å². The number of benzene rings is 2. The Kier molecular flexibility index (Phi) is 5.22. The monoisotopic (exact) mass is 362 g/mol. The minimum Gasteiger partial charge on any atom is -0.335 e. The second-order valence-electron chi connectivity index (χ2n) is 5.74. The molecule has 0 spiro atoms. The summed E-state index contributed by atoms with van der Waals surface area (Å²) in [7, 11) is -1.69. The lowest BCUT2D eigenvalue weighted by Gasteiger charge is -2.25. The maximum atomic E-state index is 12.6. The van der Waals surface area contributed by atoms with Crippen LogP contribution in [0.5, 0.6) is 0 Å². The molecule has 0 heterocycles. The summed E-state index contributed by atoms with van der Waals surface area (Å²) in [6.07, 6.45) is 1.13. The van der Waals surface area contributed by atoms with Crippen molar-refractivity contribution >= 4 is 21.4 Å². The summed E-state index contributed by atoms with van der Waals surface area (Å²) in [6.45, 7) is 1.80. The van der Waals surface area contributed by atoms with Crippen LogP contribution in [-0.2, 0) is 9.84 Å². The van der Waals surface area contributed by atoms with Crippen LogP contribution >= 0.6 is 0 Å². The van der Waals surface area contributed by atoms with Crippen molar-refractivity contribution in [2.45, 2.75) is 17.9 Å². The SMILES string of the molecule is CC(c1ccc(S(C)(=O)=O)cc1)N(C)C(=O)c1cccc([N+](=O)[O-])c1. The van der Waals surface area contributed by atoms with Crippen LogP contribution in [0.15, 0.2) is 53.4 Å². The van der Waals surface area contributed by atoms with Crippen molar-refractivity contribution in [3.63, 3.8) is 0 Å². The number of sulfone groups is 1. The van der Waals surface area contributed by atoms with Crippen LogP contribution in [-0.4, -0.2) is 37.5 Å². The van der Waals surface area contributed by atoms with E-state index in [4.69, 9.17) is 0 Å². The Balaban J connectivity index is 2.24. The molecule has 1 atom stereocenters. The quantitative estimate of drug-likeness (QED) is 0.602. The lowest BCUT2D eigenvalue weighted by Crippen LogP contribution is -2.29. The molecule has 2 aromatic rings. The molecule has 0 aliphatic heterocycles. The van der Waals surface area contributed by atoms with Crippen LogP contribution in [0.2, 0.25) is 0 Å². The molecule has 0 aliphatic rings. The molecule has 2 rings (SSSR count). The van der Waals surface area contributed by atoms with Crippen molar-refractivity contribution < 1.29 is 18.1 Å². The smallest absolute Gasteiger partial charge is 0.270 e. The number of hydrogen-bond donors (Lipinski definition) is 0. The van der Waals surface area contributed by atoms with E-state index in [-0.39, 0.29) is 28.1 Å². The highest BCUT2D eigenvalue weighted by Gasteiger charge is 2.21. The number of non-ortho nitro benzene ring substituents is 1. The van der Waals surface area contributed by atoms with Crippen molar-refractivity contribution in [2.75, 3.05) is 13.3 Å². The van der Waals surface area contributed by atoms with Crippen LogP contribution in [0.3, 0.4) is 0 Å². The molecular formula is C17H18N2O5S. The van der Waals surface area contributed by atoms with Crippen LogP contribution in [0.25, 0.3) is 0 Å². The van der Waals surface area contributed by atoms with Gasteiger partial charge in [0, 0.05) is 31.0 Å². The van der Waals surface area contributed by atoms with Crippen molar-refractivity contribution in [3.05, 3.63) is 69.8 Å². The fourth-order valence-electron chi connectivity index (χ4n) is 2.35. The normalized spacial score (nSPS) is 12.4. The Morgan fingerprint density at radius 1 is 1.16 bits per heavy atom. The van der Waals surface area contributed by atoms with E-state index >= 15 is 0 Å². The average Bonchev–Trinajstić information content (AvgIpc) is 2.59. The second kappa shape index (κ2) is 7.02. The zero-order valence-electron chi connectivity index (χ0n) is 14.0. The van der Waals surface area contributed by atoms with Gasteiger partial charge in [-0.3, -0.25) is 14.9 Å². The van der Waals surface area contributed by atoms with Gasteiger partial charge in [-0.1, -0.05) is 18.2 Å². The first-order valence-corrected chi connectivity index (χ1v) is 9.32. The summed E-state index contributed by atoms with van der Waals surface area (Å²) in [5.74, 6) is -0.358. The third-order valence-electron chi connectivity index (χ3n) is 4.00. The molecule has 2 aromatic carbocycles. The standard InChI is InChI=1S/C17H18N2O5S/c1-12(13-7-9-16(10-8-13)25(3,23)24)18(2)17(20)14-5-4-6-15(11-14)19(21)22/h4-12H,1-3H3. The van der Waals surface area contributed by atoms with E-state index in [1.807, 2.05) is 0 Å². The van der Waals surface area contributed by atoms with Gasteiger partial charge in [0.2, 0.25) is 0 Å². The first kappa shape index (κ1) is 18.6. The van der Waals surface area contributed by atoms with Crippen molar-refractivity contribution in [3.8, 4) is 0 Å². The van der Waals surface area contributed by atoms with E-state index in [2.05, 4.69) is 0 Å². The highest BCUT2D eigenvalue weighted by atomic mass is 32.2. The molecular weight excluding hydrogens is 344 g/mol. The lowest BCUT2D eigenvalue weighted by atomic mass is 10.1. The van der Waals surface area contributed by atoms with Gasteiger partial charge in [0.05, 0.1) is 15.9 Å². The first-order valence-electron chi connectivity index (χ1n) is 7.43. The van der Waals surface area contributed by atoms with Crippen molar-refractivity contribution in [2.24, 2.45) is 0 Å². The first-order chi connectivity index (χ1) is 11.6. The summed E-state index contributed by atoms with van der Waals surface area (Å²) >= 11 is 0. The van der Waals surface area contributed by atoms with E-state index in [1.54, 1.807) is 26.1 Å². The van der Waals surface area contributed by atoms with Gasteiger partial charge in [0.25, 0.3) is 11.6 Å². The van der Waals surface area contributed by atoms with Crippen LogP contribution < -0.4 is 0 Å². The molecule has 0 saturated carbocycles. The Labute approximate surface area is 146 Å². The molecule has 0 fully saturated rings. The zero-order chi connectivity index (χ0) is 18.8. The molecule has 0 N–H and O–H groups in total. The Hall–Kier alpha value is -2.74. The maximum absolute atomic E-state index is 12.6. The third-order valence-corrected chi connectivity index (χ3v) is 5.12. The number of nitrogens with zero attached hydrogens (tertiary/aromatic N) is 2. The number of carbonyl (C=O) groups is 1. The van der Waals surface area contributed by atoms with Gasteiger partial charge in [-0.05, 0) is 30.7 Å². The van der Waals surface area contributed by atoms with Crippen LogP contribution in [0.1, 0.15) is 28.9 Å². The second-order valence-corrected chi connectivity index (χ2v) is 7.76. The summed E-state index contributed by atoms with van der Waals surface area (Å²) in [5.41, 5.74) is 0.828. The zero-order valence-corrected chi connectivity index (χ0v) is 14.9. The minimum atomic E-state index is -3.28. The van der Waals surface area contributed by atoms with E-state index in [9.17, 15) is 23.3 Å². The molecule has 132 valence electrons. The predicted octanol–water partition coefficient (Wildman–Crippen LogP) is 2.83. The molecule has 0 aliphatic carbocycles. The van der Waals surface area contributed by atoms with Gasteiger partial charge in [0.15, 0.2) is 9.84 Å². The van der Waals surface area contributed by atoms with Crippen LogP contribution in [0, 0.1) is 10.1 Å². The molecule has 1 amide bonds. The van der Waals surface area contributed by atoms with Gasteiger partial charge in [-0.2, -0.15) is 0 Å². The molecule has 8 heteroatoms. The largest absolute Gasteiger partial charge is 0.335 e. The molecule has 0 aromatic heterocycles. The molecule has 7 nitrogen and oxygen atoms in total. The highest BCUT2D eigenvalue weighted by molar-refractivity contribution is 7.90. The molecule has 0 bridgehead atoms. The number of nitro groups is 1. The minimum absolute atomic E-state index is 0.149. The number of rotatable bonds is 5. The number of hydrogen-bond acceptors (Lipinski definition) is 5. The Morgan fingerprint density at radius 3 is 2.28 bits per heavy atom. The fraction of sp³-hybridized carbons (Fsp3) is 0.235. The topological polar surface area (TPSA) is 97.6 Å². The Morgan fingerprint density at radius 2 is 1.76 bits per heavy atom. The molecule has 25 heavy (non-hydrogen) atoms. The third kappa shape index (κ3) is 4.21. The van der Waals surface area contributed by atoms with Gasteiger partial charge < -0.3 is 4.90 Å². The van der Waals surface area contributed by atoms with E-state index in [1.165, 1.54) is 41.3 Å². The van der Waals surface area contributed by atoms with Crippen molar-refractivity contribution in [1.82, 2.24) is 4.90 Å². The summed E-state index contributed by atoms with van der Waals surface area (Å²) < 4.78 is 23.0. The lowest BCUT2D eigenvalue weighted by molar-refractivity contribution is -0.384. The number of carbonyl (C=O) groups excluding carboxylic acids is 1. The van der Waals surface area contributed by atoms with Gasteiger partial charge >= 0.3 is 0 Å². The van der Waals surface area contributed by atoms with E-state index in [0.717, 1.165) is 11.8 Å². The van der Waals surface area contributed by atoms with Crippen molar-refractivity contribution in [1.29, 1.82) is 0 Å². The molecule has 0 radical (unpaired) electrons. The Bertz CT molecular complexity index is 907. The molecule has 1 unspecified atom stereocenters. The highest BCUT2D eigenvalue weighted by Crippen LogP contribution is 2.23. The fourth-order valence-corrected chi connectivity index (χ4v) is 2.98. The summed E-state index contributed by atoms with van der Waals surface area (Å²) in [4.78, 5) is 24.5. The molecule has 0 saturated heterocycles. The number of nitro benzene ring substituents is 1. The summed E-state index contributed by atoms with van der Waals surface area (Å²) in [6, 6.07) is 11.5. The predicted molar refractivity (Wildman–Crippen MR) is 93.2 cm³/mol.